The molecule has 196 valence electrons. The molecule has 3 saturated carbocycles. The molecule has 6 heteroatoms. The van der Waals surface area contributed by atoms with Crippen LogP contribution in [-0.2, 0) is 13.3 Å². The lowest BCUT2D eigenvalue weighted by atomic mass is 9.47. The Morgan fingerprint density at radius 3 is 1.91 bits per heavy atom. The molecule has 0 spiro atoms. The van der Waals surface area contributed by atoms with Crippen LogP contribution in [0, 0.1) is 28.6 Å². The molecule has 8 atom stereocenters. The van der Waals surface area contributed by atoms with Crippen molar-refractivity contribution in [2.24, 2.45) is 28.6 Å². The van der Waals surface area contributed by atoms with E-state index in [1.165, 1.54) is 38.5 Å². The molecule has 0 aromatic rings. The molecule has 4 aliphatic carbocycles. The first-order chi connectivity index (χ1) is 15.4. The Balaban J connectivity index is 1.68. The first-order valence-corrected chi connectivity index (χ1v) is 24.4. The van der Waals surface area contributed by atoms with E-state index < -0.39 is 25.0 Å². The molecule has 0 radical (unpaired) electrons. The normalized spacial score (nSPS) is 43.1. The van der Waals surface area contributed by atoms with Crippen molar-refractivity contribution in [2.45, 2.75) is 136 Å². The molecule has 0 N–H and O–H groups in total. The maximum Gasteiger partial charge on any atom is 0.184 e. The van der Waals surface area contributed by atoms with E-state index in [-0.39, 0.29) is 6.10 Å². The molecule has 3 nitrogen and oxygen atoms in total. The molecule has 0 aromatic heterocycles. The maximum atomic E-state index is 7.07. The number of fused-ring (bicyclic) bond motifs is 5. The Hall–Kier alpha value is 0.271. The van der Waals surface area contributed by atoms with Gasteiger partial charge in [-0.1, -0.05) is 25.5 Å². The van der Waals surface area contributed by atoms with E-state index in [1.54, 1.807) is 5.57 Å². The van der Waals surface area contributed by atoms with Gasteiger partial charge in [-0.25, -0.2) is 0 Å². The fourth-order valence-electron chi connectivity index (χ4n) is 8.28. The van der Waals surface area contributed by atoms with Gasteiger partial charge in [0, 0.05) is 6.10 Å². The second-order valence-corrected chi connectivity index (χ2v) is 28.9. The zero-order valence-corrected chi connectivity index (χ0v) is 27.2. The Labute approximate surface area is 214 Å². The van der Waals surface area contributed by atoms with E-state index >= 15 is 0 Å². The monoisotopic (exact) mass is 522 g/mol. The minimum atomic E-state index is -1.67. The second-order valence-electron chi connectivity index (χ2n) is 15.5. The largest absolute Gasteiger partial charge is 0.414 e. The van der Waals surface area contributed by atoms with E-state index in [0.29, 0.717) is 29.0 Å². The summed E-state index contributed by atoms with van der Waals surface area (Å²) in [6.07, 6.45) is 12.6. The third-order valence-corrected chi connectivity index (χ3v) is 12.5. The first kappa shape index (κ1) is 27.3. The summed E-state index contributed by atoms with van der Waals surface area (Å²) in [7, 11) is -4.77. The summed E-state index contributed by atoms with van der Waals surface area (Å²) in [6.45, 7) is 26.4. The molecule has 0 bridgehead atoms. The van der Waals surface area contributed by atoms with Gasteiger partial charge in [-0.3, -0.25) is 0 Å². The van der Waals surface area contributed by atoms with Gasteiger partial charge in [0.05, 0.1) is 12.2 Å². The van der Waals surface area contributed by atoms with Crippen LogP contribution >= 0.6 is 0 Å². The topological polar surface area (TPSA) is 27.7 Å². The lowest BCUT2D eigenvalue weighted by molar-refractivity contribution is -0.0981. The molecule has 4 rings (SSSR count). The predicted octanol–water partition coefficient (Wildman–Crippen LogP) is 8.22. The van der Waals surface area contributed by atoms with Crippen molar-refractivity contribution >= 4 is 25.0 Å². The van der Waals surface area contributed by atoms with Crippen LogP contribution < -0.4 is 0 Å². The lowest BCUT2D eigenvalue weighted by Gasteiger charge is -2.60. The van der Waals surface area contributed by atoms with Crippen molar-refractivity contribution in [3.8, 4) is 0 Å². The van der Waals surface area contributed by atoms with E-state index in [9.17, 15) is 0 Å². The fraction of sp³-hybridized carbons (Fsp3) is 0.929. The molecule has 3 unspecified atom stereocenters. The summed E-state index contributed by atoms with van der Waals surface area (Å²) in [5.74, 6) is 2.11. The van der Waals surface area contributed by atoms with E-state index in [1.807, 2.05) is 0 Å². The van der Waals surface area contributed by atoms with Gasteiger partial charge in [-0.05, 0) is 132 Å². The third-order valence-electron chi connectivity index (χ3n) is 9.48. The van der Waals surface area contributed by atoms with Crippen LogP contribution in [0.1, 0.15) is 58.8 Å². The van der Waals surface area contributed by atoms with Crippen molar-refractivity contribution in [1.29, 1.82) is 0 Å². The van der Waals surface area contributed by atoms with Crippen LogP contribution in [0.3, 0.4) is 0 Å². The van der Waals surface area contributed by atoms with Crippen molar-refractivity contribution < 1.29 is 13.3 Å². The van der Waals surface area contributed by atoms with Gasteiger partial charge in [0.15, 0.2) is 25.0 Å². The van der Waals surface area contributed by atoms with Crippen LogP contribution in [0.25, 0.3) is 0 Å². The highest BCUT2D eigenvalue weighted by Crippen LogP contribution is 2.66. The molecule has 0 heterocycles. The van der Waals surface area contributed by atoms with Crippen LogP contribution in [0.2, 0.25) is 58.9 Å². The number of hydrogen-bond donors (Lipinski definition) is 0. The minimum Gasteiger partial charge on any atom is -0.414 e. The highest BCUT2D eigenvalue weighted by Gasteiger charge is 2.62. The first-order valence-electron chi connectivity index (χ1n) is 14.2. The molecule has 4 aliphatic rings. The smallest absolute Gasteiger partial charge is 0.184 e. The van der Waals surface area contributed by atoms with Crippen molar-refractivity contribution in [3.05, 3.63) is 11.6 Å². The zero-order chi connectivity index (χ0) is 25.3. The quantitative estimate of drug-likeness (QED) is 0.260. The van der Waals surface area contributed by atoms with Crippen molar-refractivity contribution in [2.75, 3.05) is 0 Å². The summed E-state index contributed by atoms with van der Waals surface area (Å²) < 4.78 is 20.6. The average molecular weight is 523 g/mol. The van der Waals surface area contributed by atoms with Crippen LogP contribution in [-0.4, -0.2) is 43.3 Å². The zero-order valence-electron chi connectivity index (χ0n) is 24.2. The maximum absolute atomic E-state index is 7.07. The minimum absolute atomic E-state index is 0.278. The molecule has 34 heavy (non-hydrogen) atoms. The van der Waals surface area contributed by atoms with Crippen LogP contribution in [0.5, 0.6) is 0 Å². The molecule has 0 aromatic carbocycles. The van der Waals surface area contributed by atoms with Crippen LogP contribution in [0.15, 0.2) is 11.6 Å². The lowest BCUT2D eigenvalue weighted by Crippen LogP contribution is -2.57. The van der Waals surface area contributed by atoms with Gasteiger partial charge in [-0.15, -0.1) is 0 Å². The highest BCUT2D eigenvalue weighted by molar-refractivity contribution is 6.70. The number of rotatable bonds is 6. The van der Waals surface area contributed by atoms with Gasteiger partial charge in [0.25, 0.3) is 0 Å². The Bertz CT molecular complexity index is 792. The van der Waals surface area contributed by atoms with Crippen molar-refractivity contribution in [1.82, 2.24) is 0 Å². The second kappa shape index (κ2) is 8.94. The molecule has 3 fully saturated rings. The molecule has 0 aliphatic heterocycles. The van der Waals surface area contributed by atoms with Crippen molar-refractivity contribution in [3.63, 3.8) is 0 Å². The highest BCUT2D eigenvalue weighted by atomic mass is 28.4. The summed E-state index contributed by atoms with van der Waals surface area (Å²) in [6, 6.07) is 0. The molecular weight excluding hydrogens is 469 g/mol. The van der Waals surface area contributed by atoms with Gasteiger partial charge >= 0.3 is 0 Å². The van der Waals surface area contributed by atoms with Gasteiger partial charge in [0.2, 0.25) is 0 Å². The van der Waals surface area contributed by atoms with E-state index in [4.69, 9.17) is 13.3 Å². The Kier molecular flexibility index (Phi) is 7.18. The molecule has 0 amide bonds. The van der Waals surface area contributed by atoms with E-state index in [2.05, 4.69) is 78.8 Å². The van der Waals surface area contributed by atoms with E-state index in [0.717, 1.165) is 18.3 Å². The summed E-state index contributed by atoms with van der Waals surface area (Å²) in [4.78, 5) is 0. The fourth-order valence-corrected chi connectivity index (χ4v) is 11.8. The standard InChI is InChI=1S/C28H54O3Si3/c1-27-16-14-21(29-32(3,4)5)18-20(27)19-24(30-33(6,7)8)26-22-12-13-25(31-34(9,10)11)28(22,2)17-15-23(26)27/h19,21-26H,12-18H2,1-11H3/t21-,22?,23?,24-,25-,26?,27-,28-/m0/s1. The van der Waals surface area contributed by atoms with Gasteiger partial charge in [-0.2, -0.15) is 0 Å². The van der Waals surface area contributed by atoms with Crippen LogP contribution in [0.4, 0.5) is 0 Å². The Morgan fingerprint density at radius 2 is 1.32 bits per heavy atom. The van der Waals surface area contributed by atoms with Gasteiger partial charge < -0.3 is 13.3 Å². The average Bonchev–Trinajstić information content (AvgIpc) is 2.95. The van der Waals surface area contributed by atoms with Gasteiger partial charge in [0.1, 0.15) is 0 Å². The Morgan fingerprint density at radius 1 is 0.706 bits per heavy atom. The molecule has 0 saturated heterocycles. The summed E-state index contributed by atoms with van der Waals surface area (Å²) in [5, 5.41) is 0. The third kappa shape index (κ3) is 5.42. The summed E-state index contributed by atoms with van der Waals surface area (Å²) >= 11 is 0. The summed E-state index contributed by atoms with van der Waals surface area (Å²) in [5.41, 5.74) is 2.30. The predicted molar refractivity (Wildman–Crippen MR) is 152 cm³/mol. The SMILES string of the molecule is C[C@]12CC[C@H](O[Si](C)(C)C)CC1=C[C@H](O[Si](C)(C)C)C1C2CC[C@@]2(C)C1CC[C@@H]2O[Si](C)(C)C. The number of hydrogen-bond acceptors (Lipinski definition) is 3. The molecular formula is C28H54O3Si3.